The molecule has 1 aliphatic rings. The van der Waals surface area contributed by atoms with Gasteiger partial charge in [-0.15, -0.1) is 11.8 Å². The van der Waals surface area contributed by atoms with Gasteiger partial charge in [0.05, 0.1) is 0 Å². The van der Waals surface area contributed by atoms with Crippen LogP contribution in [0.15, 0.2) is 64.6 Å². The van der Waals surface area contributed by atoms with Crippen LogP contribution in [0.3, 0.4) is 0 Å². The standard InChI is InChI=1S/C18H21FS.C2H6/c1-13(11-19)7-6-9-16-14(2)12-20-18-10-5-4-8-17(18)15(16)3;1-2/h4-6,8-10,15H,1,7,11-12H2,2-3H3;1-2H3. The molecule has 22 heavy (non-hydrogen) atoms. The normalized spacial score (nSPS) is 17.6. The zero-order chi connectivity index (χ0) is 16.5. The Hall–Kier alpha value is -1.28. The van der Waals surface area contributed by atoms with Crippen molar-refractivity contribution in [3.63, 3.8) is 0 Å². The molecule has 2 rings (SSSR count). The Bertz CT molecular complexity index is 555. The number of allylic oxidation sites excluding steroid dienone is 4. The second kappa shape index (κ2) is 9.68. The van der Waals surface area contributed by atoms with Crippen molar-refractivity contribution in [2.24, 2.45) is 0 Å². The molecule has 0 bridgehead atoms. The van der Waals surface area contributed by atoms with Crippen molar-refractivity contribution in [1.82, 2.24) is 0 Å². The first-order valence-corrected chi connectivity index (χ1v) is 8.92. The molecule has 1 aromatic carbocycles. The van der Waals surface area contributed by atoms with Crippen molar-refractivity contribution >= 4 is 11.8 Å². The quantitative estimate of drug-likeness (QED) is 0.556. The van der Waals surface area contributed by atoms with Crippen LogP contribution in [-0.2, 0) is 0 Å². The summed E-state index contributed by atoms with van der Waals surface area (Å²) in [5.41, 5.74) is 4.78. The van der Waals surface area contributed by atoms with Gasteiger partial charge in [-0.1, -0.05) is 63.3 Å². The Labute approximate surface area is 139 Å². The van der Waals surface area contributed by atoms with Crippen molar-refractivity contribution in [3.05, 3.63) is 65.3 Å². The Morgan fingerprint density at radius 3 is 2.73 bits per heavy atom. The van der Waals surface area contributed by atoms with Gasteiger partial charge in [0.25, 0.3) is 0 Å². The Kier molecular flexibility index (Phi) is 8.26. The van der Waals surface area contributed by atoms with Gasteiger partial charge < -0.3 is 0 Å². The maximum Gasteiger partial charge on any atom is 0.111 e. The van der Waals surface area contributed by atoms with Crippen molar-refractivity contribution in [1.29, 1.82) is 0 Å². The third-order valence-corrected chi connectivity index (χ3v) is 4.94. The van der Waals surface area contributed by atoms with Crippen molar-refractivity contribution in [2.75, 3.05) is 12.4 Å². The lowest BCUT2D eigenvalue weighted by atomic mass is 9.89. The number of halogens is 1. The molecule has 2 heteroatoms. The lowest BCUT2D eigenvalue weighted by Gasteiger charge is -2.15. The molecule has 0 fully saturated rings. The average molecular weight is 319 g/mol. The summed E-state index contributed by atoms with van der Waals surface area (Å²) in [5.74, 6) is 1.40. The fraction of sp³-hybridized carbons (Fsp3) is 0.400. The van der Waals surface area contributed by atoms with Crippen molar-refractivity contribution in [3.8, 4) is 0 Å². The molecular formula is C20H27FS. The van der Waals surface area contributed by atoms with E-state index >= 15 is 0 Å². The van der Waals surface area contributed by atoms with Gasteiger partial charge in [-0.2, -0.15) is 0 Å². The Balaban J connectivity index is 0.00000116. The molecule has 1 aromatic rings. The number of hydrogen-bond donors (Lipinski definition) is 0. The zero-order valence-corrected chi connectivity index (χ0v) is 15.0. The van der Waals surface area contributed by atoms with Gasteiger partial charge in [0.2, 0.25) is 0 Å². The third kappa shape index (κ3) is 4.88. The third-order valence-electron chi connectivity index (χ3n) is 3.68. The molecule has 0 aromatic heterocycles. The first kappa shape index (κ1) is 18.8. The zero-order valence-electron chi connectivity index (χ0n) is 14.2. The van der Waals surface area contributed by atoms with Crippen LogP contribution in [0.25, 0.3) is 0 Å². The lowest BCUT2D eigenvalue weighted by Crippen LogP contribution is -1.98. The first-order valence-electron chi connectivity index (χ1n) is 7.94. The van der Waals surface area contributed by atoms with Crippen LogP contribution in [0.5, 0.6) is 0 Å². The lowest BCUT2D eigenvalue weighted by molar-refractivity contribution is 0.539. The van der Waals surface area contributed by atoms with Gasteiger partial charge in [0, 0.05) is 16.6 Å². The molecule has 0 radical (unpaired) electrons. The van der Waals surface area contributed by atoms with Crippen LogP contribution in [0.2, 0.25) is 0 Å². The van der Waals surface area contributed by atoms with E-state index in [9.17, 15) is 4.39 Å². The minimum Gasteiger partial charge on any atom is -0.246 e. The van der Waals surface area contributed by atoms with E-state index < -0.39 is 6.67 Å². The Morgan fingerprint density at radius 1 is 1.36 bits per heavy atom. The smallest absolute Gasteiger partial charge is 0.111 e. The fourth-order valence-corrected chi connectivity index (χ4v) is 3.59. The van der Waals surface area contributed by atoms with Gasteiger partial charge in [-0.05, 0) is 36.1 Å². The second-order valence-corrected chi connectivity index (χ2v) is 6.29. The topological polar surface area (TPSA) is 0 Å². The fourth-order valence-electron chi connectivity index (χ4n) is 2.47. The van der Waals surface area contributed by atoms with Crippen molar-refractivity contribution in [2.45, 2.75) is 44.9 Å². The first-order chi connectivity index (χ1) is 10.6. The molecule has 1 unspecified atom stereocenters. The van der Waals surface area contributed by atoms with E-state index in [1.807, 2.05) is 31.7 Å². The molecule has 120 valence electrons. The minimum absolute atomic E-state index is 0.385. The summed E-state index contributed by atoms with van der Waals surface area (Å²) in [6, 6.07) is 8.60. The van der Waals surface area contributed by atoms with Gasteiger partial charge >= 0.3 is 0 Å². The summed E-state index contributed by atoms with van der Waals surface area (Å²) in [6.07, 6.45) is 4.81. The summed E-state index contributed by atoms with van der Waals surface area (Å²) in [7, 11) is 0. The molecule has 1 atom stereocenters. The predicted molar refractivity (Wildman–Crippen MR) is 98.5 cm³/mol. The summed E-state index contributed by atoms with van der Waals surface area (Å²) >= 11 is 1.90. The number of thioether (sulfide) groups is 1. The molecule has 0 saturated carbocycles. The number of alkyl halides is 1. The number of hydrogen-bond acceptors (Lipinski definition) is 1. The highest BCUT2D eigenvalue weighted by Crippen LogP contribution is 2.39. The van der Waals surface area contributed by atoms with Crippen LogP contribution in [-0.4, -0.2) is 12.4 Å². The van der Waals surface area contributed by atoms with E-state index in [4.69, 9.17) is 0 Å². The molecule has 1 aliphatic heterocycles. The van der Waals surface area contributed by atoms with Gasteiger partial charge in [0.1, 0.15) is 6.67 Å². The van der Waals surface area contributed by atoms with Gasteiger partial charge in [0.15, 0.2) is 0 Å². The summed E-state index contributed by atoms with van der Waals surface area (Å²) < 4.78 is 12.4. The SMILES string of the molecule is C=C(CF)CC=CC1=C(C)CSc2ccccc2C1C.CC. The number of benzene rings is 1. The molecule has 0 aliphatic carbocycles. The minimum atomic E-state index is -0.434. The van der Waals surface area contributed by atoms with Crippen molar-refractivity contribution < 1.29 is 4.39 Å². The number of rotatable bonds is 4. The highest BCUT2D eigenvalue weighted by atomic mass is 32.2. The van der Waals surface area contributed by atoms with Gasteiger partial charge in [-0.25, -0.2) is 4.39 Å². The van der Waals surface area contributed by atoms with Crippen LogP contribution in [0, 0.1) is 0 Å². The van der Waals surface area contributed by atoms with E-state index in [-0.39, 0.29) is 0 Å². The molecule has 0 spiro atoms. The number of fused-ring (bicyclic) bond motifs is 1. The molecule has 1 heterocycles. The van der Waals surface area contributed by atoms with E-state index in [1.165, 1.54) is 21.6 Å². The highest BCUT2D eigenvalue weighted by Gasteiger charge is 2.19. The predicted octanol–water partition coefficient (Wildman–Crippen LogP) is 6.71. The molecular weight excluding hydrogens is 291 g/mol. The molecule has 0 N–H and O–H groups in total. The largest absolute Gasteiger partial charge is 0.246 e. The highest BCUT2D eigenvalue weighted by molar-refractivity contribution is 7.99. The van der Waals surface area contributed by atoms with Crippen LogP contribution >= 0.6 is 11.8 Å². The van der Waals surface area contributed by atoms with E-state index in [0.717, 1.165) is 5.75 Å². The summed E-state index contributed by atoms with van der Waals surface area (Å²) in [4.78, 5) is 1.37. The van der Waals surface area contributed by atoms with E-state index in [2.05, 4.69) is 50.8 Å². The second-order valence-electron chi connectivity index (χ2n) is 5.27. The maximum absolute atomic E-state index is 12.4. The van der Waals surface area contributed by atoms with E-state index in [1.54, 1.807) is 0 Å². The summed E-state index contributed by atoms with van der Waals surface area (Å²) in [6.45, 7) is 11.7. The van der Waals surface area contributed by atoms with Crippen LogP contribution in [0.4, 0.5) is 4.39 Å². The van der Waals surface area contributed by atoms with Crippen LogP contribution in [0.1, 0.15) is 45.6 Å². The molecule has 0 saturated heterocycles. The monoisotopic (exact) mass is 318 g/mol. The molecule has 0 nitrogen and oxygen atoms in total. The van der Waals surface area contributed by atoms with Crippen LogP contribution < -0.4 is 0 Å². The van der Waals surface area contributed by atoms with E-state index in [0.29, 0.717) is 17.9 Å². The summed E-state index contributed by atoms with van der Waals surface area (Å²) in [5, 5.41) is 0. The average Bonchev–Trinajstić information content (AvgIpc) is 2.68. The molecule has 0 amide bonds. The van der Waals surface area contributed by atoms with Gasteiger partial charge in [-0.3, -0.25) is 0 Å². The maximum atomic E-state index is 12.4. The Morgan fingerprint density at radius 2 is 2.05 bits per heavy atom.